The average molecular weight is 236 g/mol. The fourth-order valence-corrected chi connectivity index (χ4v) is 1.52. The van der Waals surface area contributed by atoms with E-state index in [9.17, 15) is 9.90 Å². The maximum atomic E-state index is 11.9. The number of allylic oxidation sites excluding steroid dienone is 2. The van der Waals surface area contributed by atoms with Crippen LogP contribution in [0.2, 0.25) is 0 Å². The first-order valence-corrected chi connectivity index (χ1v) is 5.63. The maximum Gasteiger partial charge on any atom is 0.189 e. The molecule has 0 fully saturated rings. The number of aliphatic hydroxyl groups is 1. The zero-order chi connectivity index (χ0) is 13.4. The van der Waals surface area contributed by atoms with Crippen molar-refractivity contribution in [3.8, 4) is 0 Å². The quantitative estimate of drug-likeness (QED) is 0.749. The zero-order valence-electron chi connectivity index (χ0n) is 11.2. The van der Waals surface area contributed by atoms with Crippen LogP contribution in [0.25, 0.3) is 0 Å². The highest BCUT2D eigenvalue weighted by molar-refractivity contribution is 6.12. The Labute approximate surface area is 102 Å². The van der Waals surface area contributed by atoms with Gasteiger partial charge in [0.15, 0.2) is 5.78 Å². The number of hydrogen-bond donors (Lipinski definition) is 1. The Hall–Kier alpha value is -1.35. The van der Waals surface area contributed by atoms with E-state index in [1.807, 2.05) is 20.8 Å². The van der Waals surface area contributed by atoms with E-state index in [0.29, 0.717) is 22.3 Å². The largest absolute Gasteiger partial charge is 0.507 e. The molecule has 3 nitrogen and oxygen atoms in total. The van der Waals surface area contributed by atoms with E-state index >= 15 is 0 Å². The first-order chi connectivity index (χ1) is 7.65. The van der Waals surface area contributed by atoms with Crippen molar-refractivity contribution in [1.29, 1.82) is 0 Å². The molecule has 0 saturated heterocycles. The molecule has 0 bridgehead atoms. The Bertz CT molecular complexity index is 431. The number of ether oxygens (including phenoxy) is 1. The van der Waals surface area contributed by atoms with Gasteiger partial charge in [0.05, 0.1) is 12.2 Å². The van der Waals surface area contributed by atoms with E-state index < -0.39 is 0 Å². The molecule has 0 aromatic heterocycles. The van der Waals surface area contributed by atoms with E-state index in [1.165, 1.54) is 0 Å². The molecular formula is C14H20O3. The van der Waals surface area contributed by atoms with Gasteiger partial charge >= 0.3 is 0 Å². The highest BCUT2D eigenvalue weighted by Gasteiger charge is 2.27. The molecule has 0 atom stereocenters. The van der Waals surface area contributed by atoms with Crippen LogP contribution in [-0.2, 0) is 9.53 Å². The summed E-state index contributed by atoms with van der Waals surface area (Å²) in [5.74, 6) is 0.00385. The van der Waals surface area contributed by atoms with Gasteiger partial charge in [0.25, 0.3) is 0 Å². The van der Waals surface area contributed by atoms with Gasteiger partial charge in [0.2, 0.25) is 0 Å². The zero-order valence-corrected chi connectivity index (χ0v) is 11.2. The summed E-state index contributed by atoms with van der Waals surface area (Å²) in [5.41, 5.74) is 1.66. The first-order valence-electron chi connectivity index (χ1n) is 5.63. The van der Waals surface area contributed by atoms with Gasteiger partial charge in [-0.25, -0.2) is 0 Å². The molecule has 0 unspecified atom stereocenters. The highest BCUT2D eigenvalue weighted by atomic mass is 16.5. The van der Waals surface area contributed by atoms with Gasteiger partial charge in [-0.2, -0.15) is 0 Å². The fraction of sp³-hybridized carbons (Fsp3) is 0.500. The Balaban J connectivity index is 3.05. The summed E-state index contributed by atoms with van der Waals surface area (Å²) in [5, 5.41) is 10.0. The predicted octanol–water partition coefficient (Wildman–Crippen LogP) is 3.09. The molecule has 17 heavy (non-hydrogen) atoms. The maximum absolute atomic E-state index is 11.9. The second-order valence-corrected chi connectivity index (χ2v) is 5.29. The molecule has 0 radical (unpaired) electrons. The Morgan fingerprint density at radius 2 is 1.76 bits per heavy atom. The van der Waals surface area contributed by atoms with Crippen LogP contribution in [0.15, 0.2) is 34.6 Å². The molecule has 0 amide bonds. The highest BCUT2D eigenvalue weighted by Crippen LogP contribution is 2.30. The van der Waals surface area contributed by atoms with Gasteiger partial charge in [-0.1, -0.05) is 6.58 Å². The lowest BCUT2D eigenvalue weighted by atomic mass is 9.88. The summed E-state index contributed by atoms with van der Waals surface area (Å²) in [6.45, 7) is 13.1. The lowest BCUT2D eigenvalue weighted by molar-refractivity contribution is -0.112. The summed E-state index contributed by atoms with van der Waals surface area (Å²) >= 11 is 0. The first kappa shape index (κ1) is 13.7. The van der Waals surface area contributed by atoms with Crippen LogP contribution in [0.4, 0.5) is 0 Å². The number of aliphatic hydroxyl groups excluding tert-OH is 1. The van der Waals surface area contributed by atoms with Crippen LogP contribution in [0.3, 0.4) is 0 Å². The summed E-state index contributed by atoms with van der Waals surface area (Å²) < 4.78 is 5.59. The van der Waals surface area contributed by atoms with Crippen molar-refractivity contribution in [2.75, 3.05) is 6.61 Å². The number of carbonyl (C=O) groups is 1. The van der Waals surface area contributed by atoms with E-state index in [4.69, 9.17) is 4.74 Å². The minimum absolute atomic E-state index is 0.118. The van der Waals surface area contributed by atoms with E-state index in [0.717, 1.165) is 0 Å². The summed E-state index contributed by atoms with van der Waals surface area (Å²) in [6, 6.07) is 0. The summed E-state index contributed by atoms with van der Waals surface area (Å²) in [6.07, 6.45) is 0. The van der Waals surface area contributed by atoms with Crippen LogP contribution in [-0.4, -0.2) is 23.1 Å². The third kappa shape index (κ3) is 2.86. The molecule has 0 aromatic rings. The summed E-state index contributed by atoms with van der Waals surface area (Å²) in [7, 11) is 0. The van der Waals surface area contributed by atoms with E-state index in [-0.39, 0.29) is 23.8 Å². The van der Waals surface area contributed by atoms with Crippen LogP contribution in [0, 0.1) is 0 Å². The third-order valence-electron chi connectivity index (χ3n) is 2.83. The van der Waals surface area contributed by atoms with E-state index in [1.54, 1.807) is 13.8 Å². The summed E-state index contributed by atoms with van der Waals surface area (Å²) in [4.78, 5) is 11.9. The second kappa shape index (κ2) is 4.49. The van der Waals surface area contributed by atoms with Crippen LogP contribution < -0.4 is 0 Å². The minimum atomic E-state index is -0.319. The second-order valence-electron chi connectivity index (χ2n) is 5.29. The van der Waals surface area contributed by atoms with Gasteiger partial charge in [-0.05, 0) is 40.2 Å². The predicted molar refractivity (Wildman–Crippen MR) is 67.9 cm³/mol. The molecular weight excluding hydrogens is 216 g/mol. The molecule has 0 saturated carbocycles. The number of hydrogen-bond acceptors (Lipinski definition) is 3. The van der Waals surface area contributed by atoms with Crippen LogP contribution in [0.1, 0.15) is 34.6 Å². The number of carbonyl (C=O) groups excluding carboxylic acids is 1. The van der Waals surface area contributed by atoms with Crippen molar-refractivity contribution in [3.63, 3.8) is 0 Å². The van der Waals surface area contributed by atoms with Crippen LogP contribution >= 0.6 is 0 Å². The van der Waals surface area contributed by atoms with Gasteiger partial charge in [-0.3, -0.25) is 4.79 Å². The third-order valence-corrected chi connectivity index (χ3v) is 2.83. The molecule has 0 spiro atoms. The minimum Gasteiger partial charge on any atom is -0.507 e. The smallest absolute Gasteiger partial charge is 0.189 e. The van der Waals surface area contributed by atoms with Crippen molar-refractivity contribution >= 4 is 5.78 Å². The molecule has 1 aliphatic rings. The normalized spacial score (nSPS) is 18.2. The van der Waals surface area contributed by atoms with Crippen molar-refractivity contribution < 1.29 is 14.6 Å². The molecule has 1 N–H and O–H groups in total. The number of Topliss-reactive ketones (excluding diaryl/α,β-unsaturated/α-hetero) is 1. The lowest BCUT2D eigenvalue weighted by Crippen LogP contribution is -2.24. The van der Waals surface area contributed by atoms with Gasteiger partial charge < -0.3 is 9.84 Å². The molecule has 94 valence electrons. The van der Waals surface area contributed by atoms with Gasteiger partial charge in [-0.15, -0.1) is 0 Å². The Kier molecular flexibility index (Phi) is 3.62. The Morgan fingerprint density at radius 1 is 1.24 bits per heavy atom. The van der Waals surface area contributed by atoms with Crippen molar-refractivity contribution in [3.05, 3.63) is 34.6 Å². The molecule has 0 heterocycles. The van der Waals surface area contributed by atoms with Gasteiger partial charge in [0.1, 0.15) is 5.76 Å². The van der Waals surface area contributed by atoms with Gasteiger partial charge in [0, 0.05) is 16.7 Å². The van der Waals surface area contributed by atoms with Crippen molar-refractivity contribution in [2.24, 2.45) is 0 Å². The average Bonchev–Trinajstić information content (AvgIpc) is 2.22. The Morgan fingerprint density at radius 3 is 2.24 bits per heavy atom. The molecule has 0 aromatic carbocycles. The monoisotopic (exact) mass is 236 g/mol. The SMILES string of the molecule is C=C1C(=O)C(C)=C(C)C(O)=C1COC(C)(C)C. The van der Waals surface area contributed by atoms with Crippen LogP contribution in [0.5, 0.6) is 0 Å². The standard InChI is InChI=1S/C14H20O3/c1-8-9(2)13(16)11(10(3)12(8)15)7-17-14(4,5)6/h16H,3,7H2,1-2,4-6H3. The lowest BCUT2D eigenvalue weighted by Gasteiger charge is -2.24. The van der Waals surface area contributed by atoms with Crippen molar-refractivity contribution in [2.45, 2.75) is 40.2 Å². The molecule has 1 aliphatic carbocycles. The van der Waals surface area contributed by atoms with E-state index in [2.05, 4.69) is 6.58 Å². The number of rotatable bonds is 2. The fourth-order valence-electron chi connectivity index (χ4n) is 1.52. The molecule has 1 rings (SSSR count). The van der Waals surface area contributed by atoms with Crippen molar-refractivity contribution in [1.82, 2.24) is 0 Å². The topological polar surface area (TPSA) is 46.5 Å². The molecule has 0 aliphatic heterocycles. The number of ketones is 1. The molecule has 3 heteroatoms.